The van der Waals surface area contributed by atoms with Crippen molar-refractivity contribution >= 4 is 11.9 Å². The third kappa shape index (κ3) is 2.65. The number of nitrogens with zero attached hydrogens (tertiary/aromatic N) is 4. The predicted octanol–water partition coefficient (Wildman–Crippen LogP) is 1.35. The topological polar surface area (TPSA) is 90.1 Å². The highest BCUT2D eigenvalue weighted by atomic mass is 16.4. The summed E-state index contributed by atoms with van der Waals surface area (Å²) in [6, 6.07) is 3.61. The maximum Gasteiger partial charge on any atom is 0.311 e. The van der Waals surface area contributed by atoms with Gasteiger partial charge in [0.1, 0.15) is 11.8 Å². The molecule has 0 aliphatic carbocycles. The molecule has 100 valence electrons. The zero-order valence-corrected chi connectivity index (χ0v) is 11.1. The van der Waals surface area contributed by atoms with Crippen LogP contribution in [0.25, 0.3) is 0 Å². The number of piperidine rings is 1. The molecule has 1 aliphatic heterocycles. The van der Waals surface area contributed by atoms with Crippen molar-refractivity contribution in [1.82, 2.24) is 9.97 Å². The largest absolute Gasteiger partial charge is 0.481 e. The van der Waals surface area contributed by atoms with E-state index in [1.54, 1.807) is 19.9 Å². The van der Waals surface area contributed by atoms with Gasteiger partial charge in [-0.15, -0.1) is 0 Å². The average molecular weight is 260 g/mol. The molecule has 6 nitrogen and oxygen atoms in total. The third-order valence-electron chi connectivity index (χ3n) is 3.45. The predicted molar refractivity (Wildman–Crippen MR) is 68.7 cm³/mol. The first kappa shape index (κ1) is 13.3. The van der Waals surface area contributed by atoms with Gasteiger partial charge < -0.3 is 10.0 Å². The van der Waals surface area contributed by atoms with Crippen molar-refractivity contribution in [2.45, 2.75) is 26.7 Å². The Labute approximate surface area is 111 Å². The maximum absolute atomic E-state index is 11.3. The fraction of sp³-hybridized carbons (Fsp3) is 0.538. The first-order chi connectivity index (χ1) is 8.94. The van der Waals surface area contributed by atoms with Gasteiger partial charge in [0.25, 0.3) is 0 Å². The van der Waals surface area contributed by atoms with Crippen LogP contribution in [0.2, 0.25) is 0 Å². The Morgan fingerprint density at radius 2 is 2.32 bits per heavy atom. The normalized spacial score (nSPS) is 22.9. The summed E-state index contributed by atoms with van der Waals surface area (Å²) in [4.78, 5) is 21.6. The second kappa shape index (κ2) is 4.84. The van der Waals surface area contributed by atoms with Crippen LogP contribution in [0.5, 0.6) is 0 Å². The minimum absolute atomic E-state index is 0.310. The van der Waals surface area contributed by atoms with Crippen molar-refractivity contribution < 1.29 is 9.90 Å². The molecule has 19 heavy (non-hydrogen) atoms. The van der Waals surface area contributed by atoms with E-state index in [0.29, 0.717) is 30.3 Å². The van der Waals surface area contributed by atoms with Gasteiger partial charge in [-0.05, 0) is 32.8 Å². The van der Waals surface area contributed by atoms with Crippen LogP contribution in [-0.4, -0.2) is 34.1 Å². The molecule has 1 aliphatic rings. The fourth-order valence-corrected chi connectivity index (χ4v) is 2.34. The Morgan fingerprint density at radius 1 is 1.58 bits per heavy atom. The van der Waals surface area contributed by atoms with Crippen LogP contribution in [0, 0.1) is 23.7 Å². The summed E-state index contributed by atoms with van der Waals surface area (Å²) < 4.78 is 0. The maximum atomic E-state index is 11.3. The van der Waals surface area contributed by atoms with E-state index in [1.165, 1.54) is 0 Å². The van der Waals surface area contributed by atoms with Crippen LogP contribution >= 0.6 is 0 Å². The second-order valence-corrected chi connectivity index (χ2v) is 5.20. The third-order valence-corrected chi connectivity index (χ3v) is 3.45. The summed E-state index contributed by atoms with van der Waals surface area (Å²) in [5.41, 5.74) is 0.243. The Kier molecular flexibility index (Phi) is 3.38. The summed E-state index contributed by atoms with van der Waals surface area (Å²) in [7, 11) is 0. The molecule has 1 aromatic heterocycles. The SMILES string of the molecule is Cc1cc(C#N)nc(N2CCCC(C)(C(=O)O)C2)n1. The monoisotopic (exact) mass is 260 g/mol. The van der Waals surface area contributed by atoms with Gasteiger partial charge in [-0.1, -0.05) is 0 Å². The lowest BCUT2D eigenvalue weighted by atomic mass is 9.82. The van der Waals surface area contributed by atoms with Crippen molar-refractivity contribution in [2.75, 3.05) is 18.0 Å². The molecule has 0 amide bonds. The number of rotatable bonds is 2. The van der Waals surface area contributed by atoms with Crippen LogP contribution in [0.4, 0.5) is 5.95 Å². The van der Waals surface area contributed by atoms with E-state index in [0.717, 1.165) is 13.0 Å². The Bertz CT molecular complexity index is 552. The van der Waals surface area contributed by atoms with Gasteiger partial charge in [0.15, 0.2) is 0 Å². The molecule has 0 saturated carbocycles. The molecule has 2 heterocycles. The smallest absolute Gasteiger partial charge is 0.311 e. The van der Waals surface area contributed by atoms with E-state index in [-0.39, 0.29) is 0 Å². The number of hydrogen-bond acceptors (Lipinski definition) is 5. The molecular weight excluding hydrogens is 244 g/mol. The number of carbonyl (C=O) groups is 1. The van der Waals surface area contributed by atoms with Crippen molar-refractivity contribution in [1.29, 1.82) is 5.26 Å². The van der Waals surface area contributed by atoms with Crippen molar-refractivity contribution in [3.8, 4) is 6.07 Å². The Morgan fingerprint density at radius 3 is 2.95 bits per heavy atom. The number of aliphatic carboxylic acids is 1. The molecular formula is C13H16N4O2. The fourth-order valence-electron chi connectivity index (χ4n) is 2.34. The lowest BCUT2D eigenvalue weighted by Crippen LogP contribution is -2.46. The van der Waals surface area contributed by atoms with E-state index in [1.807, 2.05) is 11.0 Å². The number of carboxylic acids is 1. The number of hydrogen-bond donors (Lipinski definition) is 1. The number of nitriles is 1. The van der Waals surface area contributed by atoms with Gasteiger partial charge >= 0.3 is 5.97 Å². The molecule has 6 heteroatoms. The summed E-state index contributed by atoms with van der Waals surface area (Å²) in [6.45, 7) is 4.63. The molecule has 1 atom stereocenters. The lowest BCUT2D eigenvalue weighted by molar-refractivity contribution is -0.148. The highest BCUT2D eigenvalue weighted by molar-refractivity contribution is 5.75. The number of aryl methyl sites for hydroxylation is 1. The number of anilines is 1. The highest BCUT2D eigenvalue weighted by Gasteiger charge is 2.38. The van der Waals surface area contributed by atoms with Crippen molar-refractivity contribution in [3.63, 3.8) is 0 Å². The first-order valence-corrected chi connectivity index (χ1v) is 6.19. The summed E-state index contributed by atoms with van der Waals surface area (Å²) in [5, 5.41) is 18.2. The Hall–Kier alpha value is -2.16. The molecule has 0 radical (unpaired) electrons. The zero-order chi connectivity index (χ0) is 14.0. The van der Waals surface area contributed by atoms with Crippen LogP contribution in [0.15, 0.2) is 6.07 Å². The van der Waals surface area contributed by atoms with Gasteiger partial charge in [0.05, 0.1) is 5.41 Å². The number of aromatic nitrogens is 2. The van der Waals surface area contributed by atoms with Crippen LogP contribution in [0.1, 0.15) is 31.2 Å². The quantitative estimate of drug-likeness (QED) is 0.863. The standard InChI is InChI=1S/C13H16N4O2/c1-9-6-10(7-14)16-12(15-9)17-5-3-4-13(2,8-17)11(18)19/h6H,3-5,8H2,1-2H3,(H,18,19). The summed E-state index contributed by atoms with van der Waals surface area (Å²) in [5.74, 6) is -0.353. The molecule has 2 rings (SSSR count). The molecule has 0 bridgehead atoms. The minimum atomic E-state index is -0.801. The highest BCUT2D eigenvalue weighted by Crippen LogP contribution is 2.31. The summed E-state index contributed by atoms with van der Waals surface area (Å²) in [6.07, 6.45) is 1.43. The minimum Gasteiger partial charge on any atom is -0.481 e. The average Bonchev–Trinajstić information content (AvgIpc) is 2.38. The van der Waals surface area contributed by atoms with Crippen LogP contribution in [0.3, 0.4) is 0 Å². The zero-order valence-electron chi connectivity index (χ0n) is 11.1. The number of carboxylic acid groups (broad SMARTS) is 1. The molecule has 0 aromatic carbocycles. The molecule has 1 fully saturated rings. The second-order valence-electron chi connectivity index (χ2n) is 5.20. The molecule has 1 aromatic rings. The van der Waals surface area contributed by atoms with Crippen LogP contribution in [-0.2, 0) is 4.79 Å². The van der Waals surface area contributed by atoms with Gasteiger partial charge in [-0.3, -0.25) is 4.79 Å². The van der Waals surface area contributed by atoms with Crippen molar-refractivity contribution in [2.24, 2.45) is 5.41 Å². The lowest BCUT2D eigenvalue weighted by Gasteiger charge is -2.37. The van der Waals surface area contributed by atoms with Gasteiger partial charge in [0, 0.05) is 18.8 Å². The Balaban J connectivity index is 2.30. The van der Waals surface area contributed by atoms with Gasteiger partial charge in [-0.2, -0.15) is 5.26 Å². The van der Waals surface area contributed by atoms with Crippen LogP contribution < -0.4 is 4.90 Å². The molecule has 1 unspecified atom stereocenters. The van der Waals surface area contributed by atoms with E-state index in [9.17, 15) is 9.90 Å². The van der Waals surface area contributed by atoms with Crippen molar-refractivity contribution in [3.05, 3.63) is 17.5 Å². The van der Waals surface area contributed by atoms with Gasteiger partial charge in [-0.25, -0.2) is 9.97 Å². The molecule has 1 saturated heterocycles. The van der Waals surface area contributed by atoms with E-state index in [4.69, 9.17) is 5.26 Å². The van der Waals surface area contributed by atoms with Gasteiger partial charge in [0.2, 0.25) is 5.95 Å². The van der Waals surface area contributed by atoms with E-state index < -0.39 is 11.4 Å². The molecule has 1 N–H and O–H groups in total. The van der Waals surface area contributed by atoms with E-state index in [2.05, 4.69) is 9.97 Å². The first-order valence-electron chi connectivity index (χ1n) is 6.19. The van der Waals surface area contributed by atoms with E-state index >= 15 is 0 Å². The molecule has 0 spiro atoms. The summed E-state index contributed by atoms with van der Waals surface area (Å²) >= 11 is 0.